The number of halogens is 1. The number of ether oxygens (including phenoxy) is 1. The summed E-state index contributed by atoms with van der Waals surface area (Å²) in [6.07, 6.45) is -2.27. The van der Waals surface area contributed by atoms with Crippen molar-refractivity contribution >= 4 is 20.2 Å². The van der Waals surface area contributed by atoms with Gasteiger partial charge in [-0.3, -0.25) is 22.7 Å². The van der Waals surface area contributed by atoms with Gasteiger partial charge < -0.3 is 4.74 Å². The van der Waals surface area contributed by atoms with Crippen LogP contribution in [-0.4, -0.2) is 64.4 Å². The zero-order valence-electron chi connectivity index (χ0n) is 14.1. The molecule has 1 heterocycles. The largest absolute Gasteiger partial charge is 0.347 e. The minimum atomic E-state index is -3.90. The number of hydrogen-bond acceptors (Lipinski definition) is 9. The van der Waals surface area contributed by atoms with Gasteiger partial charge >= 0.3 is 5.69 Å². The molecule has 0 aromatic carbocycles. The van der Waals surface area contributed by atoms with Gasteiger partial charge in [0, 0.05) is 12.3 Å². The van der Waals surface area contributed by atoms with E-state index in [0.717, 1.165) is 36.3 Å². The van der Waals surface area contributed by atoms with Crippen LogP contribution in [0, 0.1) is 0 Å². The Morgan fingerprint density at radius 2 is 1.62 bits per heavy atom. The van der Waals surface area contributed by atoms with E-state index in [-0.39, 0.29) is 0 Å². The number of nitrogens with one attached hydrogen (secondary N) is 1. The first-order chi connectivity index (χ1) is 11.8. The number of H-pyrrole nitrogens is 1. The fourth-order valence-corrected chi connectivity index (χ4v) is 2.54. The number of hydrogen-bond donors (Lipinski definition) is 1. The van der Waals surface area contributed by atoms with E-state index in [9.17, 15) is 30.8 Å². The number of alkyl halides is 1. The standard InChI is InChI=1S/C12H19FN2O9S2/c1-8(13)11(15-5-4-10(16)14-12(15)17)24-9(6-22-25(2,18)19)7-23-26(3,20)21/h4-5,8-9,11H,6-7H2,1-3H3,(H,14,16,17)/t8?,11-/m1/s1. The van der Waals surface area contributed by atoms with Crippen LogP contribution in [0.5, 0.6) is 0 Å². The Hall–Kier alpha value is -1.61. The summed E-state index contributed by atoms with van der Waals surface area (Å²) in [5.74, 6) is 0. The molecule has 1 unspecified atom stereocenters. The number of rotatable bonds is 10. The van der Waals surface area contributed by atoms with Crippen molar-refractivity contribution in [3.8, 4) is 0 Å². The molecule has 0 fully saturated rings. The van der Waals surface area contributed by atoms with Gasteiger partial charge in [-0.1, -0.05) is 0 Å². The van der Waals surface area contributed by atoms with Crippen LogP contribution in [0.25, 0.3) is 0 Å². The summed E-state index contributed by atoms with van der Waals surface area (Å²) in [5, 5.41) is 0. The molecule has 1 aromatic heterocycles. The van der Waals surface area contributed by atoms with Crippen molar-refractivity contribution in [2.75, 3.05) is 25.7 Å². The normalized spacial score (nSPS) is 15.1. The van der Waals surface area contributed by atoms with E-state index >= 15 is 0 Å². The first-order valence-corrected chi connectivity index (χ1v) is 10.7. The van der Waals surface area contributed by atoms with Crippen LogP contribution in [0.2, 0.25) is 0 Å². The summed E-state index contributed by atoms with van der Waals surface area (Å²) in [6, 6.07) is 0.954. The van der Waals surface area contributed by atoms with Crippen LogP contribution in [0.15, 0.2) is 21.9 Å². The molecule has 1 N–H and O–H groups in total. The summed E-state index contributed by atoms with van der Waals surface area (Å²) in [6.45, 7) is -0.320. The molecule has 2 atom stereocenters. The summed E-state index contributed by atoms with van der Waals surface area (Å²) >= 11 is 0. The lowest BCUT2D eigenvalue weighted by molar-refractivity contribution is -0.114. The summed E-state index contributed by atoms with van der Waals surface area (Å²) in [7, 11) is -7.80. The molecule has 1 rings (SSSR count). The van der Waals surface area contributed by atoms with Crippen LogP contribution in [-0.2, 0) is 33.3 Å². The lowest BCUT2D eigenvalue weighted by atomic mass is 10.3. The van der Waals surface area contributed by atoms with Crippen molar-refractivity contribution in [3.05, 3.63) is 33.1 Å². The third-order valence-electron chi connectivity index (χ3n) is 2.79. The van der Waals surface area contributed by atoms with Gasteiger partial charge in [-0.05, 0) is 6.92 Å². The average molecular weight is 418 g/mol. The number of aromatic amines is 1. The van der Waals surface area contributed by atoms with E-state index in [0.29, 0.717) is 0 Å². The van der Waals surface area contributed by atoms with Gasteiger partial charge in [-0.15, -0.1) is 0 Å². The third-order valence-corrected chi connectivity index (χ3v) is 3.91. The van der Waals surface area contributed by atoms with Crippen molar-refractivity contribution in [2.45, 2.75) is 25.4 Å². The van der Waals surface area contributed by atoms with Crippen LogP contribution in [0.3, 0.4) is 0 Å². The predicted octanol–water partition coefficient (Wildman–Crippen LogP) is -1.27. The SMILES string of the molecule is CC(F)[C@@H](OC(COS(C)(=O)=O)COS(C)(=O)=O)n1ccc(=O)[nH]c1=O. The van der Waals surface area contributed by atoms with Crippen LogP contribution in [0.1, 0.15) is 13.2 Å². The molecule has 0 bridgehead atoms. The van der Waals surface area contributed by atoms with Gasteiger partial charge in [0.15, 0.2) is 6.23 Å². The van der Waals surface area contributed by atoms with Gasteiger partial charge in [0.05, 0.1) is 25.7 Å². The molecule has 1 aromatic rings. The Morgan fingerprint density at radius 3 is 2.00 bits per heavy atom. The van der Waals surface area contributed by atoms with Crippen molar-refractivity contribution in [2.24, 2.45) is 0 Å². The van der Waals surface area contributed by atoms with Crippen molar-refractivity contribution in [1.29, 1.82) is 0 Å². The van der Waals surface area contributed by atoms with Crippen molar-refractivity contribution in [3.63, 3.8) is 0 Å². The molecule has 0 spiro atoms. The van der Waals surface area contributed by atoms with Crippen molar-refractivity contribution < 1.29 is 34.3 Å². The fourth-order valence-electron chi connectivity index (χ4n) is 1.75. The van der Waals surface area contributed by atoms with Gasteiger partial charge in [-0.25, -0.2) is 9.18 Å². The summed E-state index contributed by atoms with van der Waals surface area (Å²) < 4.78 is 73.5. The third kappa shape index (κ3) is 8.18. The molecule has 0 amide bonds. The zero-order chi connectivity index (χ0) is 20.1. The maximum Gasteiger partial charge on any atom is 0.330 e. The minimum Gasteiger partial charge on any atom is -0.347 e. The maximum absolute atomic E-state index is 13.9. The Balaban J connectivity index is 3.08. The smallest absolute Gasteiger partial charge is 0.330 e. The lowest BCUT2D eigenvalue weighted by Crippen LogP contribution is -2.39. The topological polar surface area (TPSA) is 151 Å². The molecule has 0 saturated heterocycles. The average Bonchev–Trinajstić information content (AvgIpc) is 2.45. The zero-order valence-corrected chi connectivity index (χ0v) is 15.7. The monoisotopic (exact) mass is 418 g/mol. The highest BCUT2D eigenvalue weighted by Crippen LogP contribution is 2.18. The van der Waals surface area contributed by atoms with Crippen molar-refractivity contribution in [1.82, 2.24) is 9.55 Å². The highest BCUT2D eigenvalue weighted by atomic mass is 32.2. The molecule has 0 aliphatic carbocycles. The van der Waals surface area contributed by atoms with Gasteiger partial charge in [0.25, 0.3) is 25.8 Å². The van der Waals surface area contributed by atoms with Crippen LogP contribution in [0.4, 0.5) is 4.39 Å². The molecular formula is C12H19FN2O9S2. The van der Waals surface area contributed by atoms with E-state index in [1.165, 1.54) is 0 Å². The van der Waals surface area contributed by atoms with Gasteiger partial charge in [0.2, 0.25) is 0 Å². The molecule has 11 nitrogen and oxygen atoms in total. The van der Waals surface area contributed by atoms with Gasteiger partial charge in [-0.2, -0.15) is 16.8 Å². The Kier molecular flexibility index (Phi) is 7.64. The second kappa shape index (κ2) is 8.85. The molecule has 0 saturated carbocycles. The quantitative estimate of drug-likeness (QED) is 0.459. The summed E-state index contributed by atoms with van der Waals surface area (Å²) in [4.78, 5) is 24.8. The maximum atomic E-state index is 13.9. The molecule has 14 heteroatoms. The second-order valence-corrected chi connectivity index (χ2v) is 8.61. The van der Waals surface area contributed by atoms with E-state index in [1.807, 2.05) is 4.98 Å². The highest BCUT2D eigenvalue weighted by molar-refractivity contribution is 7.86. The molecule has 150 valence electrons. The first kappa shape index (κ1) is 22.4. The van der Waals surface area contributed by atoms with E-state index in [2.05, 4.69) is 8.37 Å². The molecule has 26 heavy (non-hydrogen) atoms. The van der Waals surface area contributed by atoms with Crippen LogP contribution < -0.4 is 11.2 Å². The number of aromatic nitrogens is 2. The first-order valence-electron chi connectivity index (χ1n) is 7.08. The highest BCUT2D eigenvalue weighted by Gasteiger charge is 2.27. The lowest BCUT2D eigenvalue weighted by Gasteiger charge is -2.26. The molecule has 0 radical (unpaired) electrons. The van der Waals surface area contributed by atoms with E-state index in [4.69, 9.17) is 4.74 Å². The van der Waals surface area contributed by atoms with Crippen LogP contribution >= 0.6 is 0 Å². The Bertz CT molecular complexity index is 885. The summed E-state index contributed by atoms with van der Waals surface area (Å²) in [5.41, 5.74) is -1.69. The second-order valence-electron chi connectivity index (χ2n) is 5.32. The molecular weight excluding hydrogens is 399 g/mol. The Morgan fingerprint density at radius 1 is 1.12 bits per heavy atom. The number of nitrogens with zero attached hydrogens (tertiary/aromatic N) is 1. The minimum absolute atomic E-state index is 0.685. The predicted molar refractivity (Wildman–Crippen MR) is 87.4 cm³/mol. The fraction of sp³-hybridized carbons (Fsp3) is 0.667. The molecule has 0 aliphatic rings. The van der Waals surface area contributed by atoms with Gasteiger partial charge in [0.1, 0.15) is 12.3 Å². The Labute approximate surface area is 148 Å². The molecule has 0 aliphatic heterocycles. The van der Waals surface area contributed by atoms with E-state index in [1.54, 1.807) is 0 Å². The van der Waals surface area contributed by atoms with E-state index < -0.39 is 63.2 Å².